The molecule has 60 valence electrons. The van der Waals surface area contributed by atoms with Crippen LogP contribution in [0.5, 0.6) is 6.08 Å². The van der Waals surface area contributed by atoms with E-state index in [4.69, 9.17) is 4.74 Å². The summed E-state index contributed by atoms with van der Waals surface area (Å²) < 4.78 is 9.38. The van der Waals surface area contributed by atoms with Gasteiger partial charge in [0.15, 0.2) is 18.2 Å². The van der Waals surface area contributed by atoms with Crippen LogP contribution in [0.4, 0.5) is 0 Å². The highest BCUT2D eigenvalue weighted by Crippen LogP contribution is 2.04. The molecular formula is C6H8N2O3. The summed E-state index contributed by atoms with van der Waals surface area (Å²) >= 11 is 0. The number of Topliss-reactive ketones (excluding diaryl/α,β-unsaturated/α-hetero) is 1. The summed E-state index contributed by atoms with van der Waals surface area (Å²) in [6.45, 7) is 3.06. The van der Waals surface area contributed by atoms with Crippen LogP contribution in [0.2, 0.25) is 0 Å². The first kappa shape index (κ1) is 7.71. The van der Waals surface area contributed by atoms with Crippen molar-refractivity contribution in [3.05, 3.63) is 5.82 Å². The minimum Gasteiger partial charge on any atom is -0.441 e. The van der Waals surface area contributed by atoms with Crippen molar-refractivity contribution in [3.8, 4) is 6.08 Å². The first-order chi connectivity index (χ1) is 5.18. The Hall–Kier alpha value is -1.39. The van der Waals surface area contributed by atoms with Crippen LogP contribution in [-0.4, -0.2) is 22.5 Å². The summed E-state index contributed by atoms with van der Waals surface area (Å²) in [7, 11) is 0. The second-order valence-corrected chi connectivity index (χ2v) is 2.10. The molecule has 0 saturated carbocycles. The number of ether oxygens (including phenoxy) is 1. The molecule has 0 spiro atoms. The molecule has 0 amide bonds. The predicted molar refractivity (Wildman–Crippen MR) is 35.2 cm³/mol. The summed E-state index contributed by atoms with van der Waals surface area (Å²) in [6, 6.07) is 0. The van der Waals surface area contributed by atoms with Crippen molar-refractivity contribution in [3.63, 3.8) is 0 Å². The minimum absolute atomic E-state index is 0.0262. The number of carbonyl (C=O) groups excluding carboxylic acids is 1. The van der Waals surface area contributed by atoms with Gasteiger partial charge >= 0.3 is 6.08 Å². The number of ketones is 1. The van der Waals surface area contributed by atoms with Gasteiger partial charge in [0.25, 0.3) is 0 Å². The molecule has 5 heteroatoms. The van der Waals surface area contributed by atoms with Crippen molar-refractivity contribution in [2.24, 2.45) is 0 Å². The molecule has 0 aromatic carbocycles. The molecule has 1 rings (SSSR count). The van der Waals surface area contributed by atoms with E-state index in [2.05, 4.69) is 14.7 Å². The second kappa shape index (κ2) is 3.14. The number of hydrogen-bond donors (Lipinski definition) is 0. The summed E-state index contributed by atoms with van der Waals surface area (Å²) in [5.41, 5.74) is 0. The second-order valence-electron chi connectivity index (χ2n) is 2.10. The molecule has 0 bridgehead atoms. The third-order valence-electron chi connectivity index (χ3n) is 0.908. The van der Waals surface area contributed by atoms with Gasteiger partial charge in [0.2, 0.25) is 0 Å². The van der Waals surface area contributed by atoms with Gasteiger partial charge in [0.05, 0.1) is 0 Å². The zero-order valence-electron chi connectivity index (χ0n) is 6.33. The maximum atomic E-state index is 10.4. The maximum Gasteiger partial charge on any atom is 0.417 e. The molecule has 1 heterocycles. The number of rotatable bonds is 3. The van der Waals surface area contributed by atoms with Crippen LogP contribution in [0.25, 0.3) is 0 Å². The van der Waals surface area contributed by atoms with Crippen molar-refractivity contribution < 1.29 is 14.1 Å². The van der Waals surface area contributed by atoms with Gasteiger partial charge in [-0.2, -0.15) is 4.98 Å². The first-order valence-electron chi connectivity index (χ1n) is 3.11. The van der Waals surface area contributed by atoms with Gasteiger partial charge in [-0.05, 0) is 13.8 Å². The van der Waals surface area contributed by atoms with Gasteiger partial charge in [-0.1, -0.05) is 5.16 Å². The Labute approximate surface area is 63.4 Å². The van der Waals surface area contributed by atoms with Crippen LogP contribution >= 0.6 is 0 Å². The van der Waals surface area contributed by atoms with E-state index >= 15 is 0 Å². The minimum atomic E-state index is -0.0825. The predicted octanol–water partition coefficient (Wildman–Crippen LogP) is 0.346. The number of hydrogen-bond acceptors (Lipinski definition) is 5. The summed E-state index contributed by atoms with van der Waals surface area (Å²) in [4.78, 5) is 14.1. The van der Waals surface area contributed by atoms with Gasteiger partial charge in [0.1, 0.15) is 0 Å². The molecule has 11 heavy (non-hydrogen) atoms. The fourth-order valence-corrected chi connectivity index (χ4v) is 0.500. The van der Waals surface area contributed by atoms with Crippen LogP contribution in [-0.2, 0) is 4.79 Å². The number of aryl methyl sites for hydroxylation is 1. The summed E-state index contributed by atoms with van der Waals surface area (Å²) in [5, 5.41) is 3.47. The Morgan fingerprint density at radius 2 is 2.45 bits per heavy atom. The molecule has 0 aliphatic carbocycles. The van der Waals surface area contributed by atoms with Gasteiger partial charge in [-0.15, -0.1) is 0 Å². The zero-order valence-corrected chi connectivity index (χ0v) is 6.33. The molecule has 5 nitrogen and oxygen atoms in total. The van der Waals surface area contributed by atoms with E-state index in [-0.39, 0.29) is 18.5 Å². The fourth-order valence-electron chi connectivity index (χ4n) is 0.500. The summed E-state index contributed by atoms with van der Waals surface area (Å²) in [5.74, 6) is 0.407. The van der Waals surface area contributed by atoms with Crippen molar-refractivity contribution in [1.29, 1.82) is 0 Å². The van der Waals surface area contributed by atoms with Gasteiger partial charge < -0.3 is 4.74 Å². The zero-order chi connectivity index (χ0) is 8.27. The van der Waals surface area contributed by atoms with Crippen molar-refractivity contribution in [2.75, 3.05) is 6.61 Å². The monoisotopic (exact) mass is 156 g/mol. The normalized spacial score (nSPS) is 9.64. The molecule has 0 unspecified atom stereocenters. The topological polar surface area (TPSA) is 65.2 Å². The van der Waals surface area contributed by atoms with E-state index in [1.165, 1.54) is 6.92 Å². The van der Waals surface area contributed by atoms with E-state index in [1.807, 2.05) is 0 Å². The fraction of sp³-hybridized carbons (Fsp3) is 0.500. The third-order valence-corrected chi connectivity index (χ3v) is 0.908. The molecule has 1 aromatic rings. The highest BCUT2D eigenvalue weighted by Gasteiger charge is 2.03. The van der Waals surface area contributed by atoms with Crippen LogP contribution in [0, 0.1) is 6.92 Å². The van der Waals surface area contributed by atoms with Crippen LogP contribution in [0.15, 0.2) is 4.52 Å². The molecule has 0 aliphatic heterocycles. The van der Waals surface area contributed by atoms with Crippen LogP contribution < -0.4 is 4.74 Å². The lowest BCUT2D eigenvalue weighted by atomic mass is 10.5. The largest absolute Gasteiger partial charge is 0.441 e. The van der Waals surface area contributed by atoms with Crippen molar-refractivity contribution in [1.82, 2.24) is 10.1 Å². The first-order valence-corrected chi connectivity index (χ1v) is 3.11. The van der Waals surface area contributed by atoms with Crippen molar-refractivity contribution in [2.45, 2.75) is 13.8 Å². The molecule has 0 N–H and O–H groups in total. The molecule has 0 aliphatic rings. The lowest BCUT2D eigenvalue weighted by Crippen LogP contribution is -2.06. The summed E-state index contributed by atoms with van der Waals surface area (Å²) in [6.07, 6.45) is 0.0395. The number of nitrogens with zero attached hydrogens (tertiary/aromatic N) is 2. The van der Waals surface area contributed by atoms with Gasteiger partial charge in [0, 0.05) is 0 Å². The number of aromatic nitrogens is 2. The van der Waals surface area contributed by atoms with E-state index in [1.54, 1.807) is 6.92 Å². The van der Waals surface area contributed by atoms with E-state index in [0.29, 0.717) is 5.82 Å². The highest BCUT2D eigenvalue weighted by atomic mass is 16.6. The molecule has 1 aromatic heterocycles. The van der Waals surface area contributed by atoms with E-state index < -0.39 is 0 Å². The molecule has 0 radical (unpaired) electrons. The van der Waals surface area contributed by atoms with Crippen LogP contribution in [0.3, 0.4) is 0 Å². The Balaban J connectivity index is 2.45. The van der Waals surface area contributed by atoms with E-state index in [9.17, 15) is 4.79 Å². The third kappa shape index (κ3) is 2.37. The SMILES string of the molecule is CC(=O)COc1nc(C)no1. The van der Waals surface area contributed by atoms with Crippen molar-refractivity contribution >= 4 is 5.78 Å². The molecule has 0 saturated heterocycles. The molecular weight excluding hydrogens is 148 g/mol. The Morgan fingerprint density at radius 1 is 1.73 bits per heavy atom. The lowest BCUT2D eigenvalue weighted by molar-refractivity contribution is -0.119. The molecule has 0 fully saturated rings. The Kier molecular flexibility index (Phi) is 2.20. The quantitative estimate of drug-likeness (QED) is 0.631. The Morgan fingerprint density at radius 3 is 2.91 bits per heavy atom. The lowest BCUT2D eigenvalue weighted by Gasteiger charge is -1.92. The smallest absolute Gasteiger partial charge is 0.417 e. The maximum absolute atomic E-state index is 10.4. The standard InChI is InChI=1S/C6H8N2O3/c1-4(9)3-10-6-7-5(2)8-11-6/h3H2,1-2H3. The van der Waals surface area contributed by atoms with Gasteiger partial charge in [-0.25, -0.2) is 0 Å². The van der Waals surface area contributed by atoms with E-state index in [0.717, 1.165) is 0 Å². The number of carbonyl (C=O) groups is 1. The molecule has 0 atom stereocenters. The highest BCUT2D eigenvalue weighted by molar-refractivity contribution is 5.76. The van der Waals surface area contributed by atoms with Gasteiger partial charge in [-0.3, -0.25) is 9.32 Å². The average molecular weight is 156 g/mol. The van der Waals surface area contributed by atoms with Crippen LogP contribution in [0.1, 0.15) is 12.7 Å². The average Bonchev–Trinajstić information content (AvgIpc) is 2.31. The Bertz CT molecular complexity index is 256.